The highest BCUT2D eigenvalue weighted by Crippen LogP contribution is 2.31. The van der Waals surface area contributed by atoms with Gasteiger partial charge in [-0.1, -0.05) is 61.2 Å². The predicted octanol–water partition coefficient (Wildman–Crippen LogP) is 6.00. The average molecular weight is 377 g/mol. The summed E-state index contributed by atoms with van der Waals surface area (Å²) in [6.45, 7) is 3.91. The highest BCUT2D eigenvalue weighted by molar-refractivity contribution is 5.96. The van der Waals surface area contributed by atoms with Crippen LogP contribution < -0.4 is 5.48 Å². The number of pyridine rings is 1. The monoisotopic (exact) mass is 377 g/mol. The molecule has 0 aliphatic rings. The van der Waals surface area contributed by atoms with Crippen molar-refractivity contribution in [3.63, 3.8) is 0 Å². The molecule has 3 N–H and O–H groups in total. The van der Waals surface area contributed by atoms with Gasteiger partial charge in [-0.05, 0) is 35.4 Å². The van der Waals surface area contributed by atoms with E-state index in [2.05, 4.69) is 65.6 Å². The van der Waals surface area contributed by atoms with Gasteiger partial charge in [0.05, 0.1) is 16.9 Å². The highest BCUT2D eigenvalue weighted by Gasteiger charge is 2.11. The molecule has 29 heavy (non-hydrogen) atoms. The summed E-state index contributed by atoms with van der Waals surface area (Å²) in [5, 5.41) is 11.5. The van der Waals surface area contributed by atoms with Gasteiger partial charge in [0, 0.05) is 33.6 Å². The number of nitrogens with zero attached hydrogens (tertiary/aromatic N) is 1. The van der Waals surface area contributed by atoms with Crippen molar-refractivity contribution in [1.29, 1.82) is 0 Å². The lowest BCUT2D eigenvalue weighted by Crippen LogP contribution is -2.05. The van der Waals surface area contributed by atoms with Crippen LogP contribution in [0.2, 0.25) is 0 Å². The van der Waals surface area contributed by atoms with E-state index in [9.17, 15) is 5.21 Å². The van der Waals surface area contributed by atoms with Crippen molar-refractivity contribution in [2.45, 2.75) is 0 Å². The zero-order valence-electron chi connectivity index (χ0n) is 15.7. The number of rotatable bonds is 4. The molecule has 0 saturated carbocycles. The summed E-state index contributed by atoms with van der Waals surface area (Å²) < 4.78 is 0. The van der Waals surface area contributed by atoms with Crippen molar-refractivity contribution in [2.24, 2.45) is 0 Å². The Kier molecular flexibility index (Phi) is 4.12. The third kappa shape index (κ3) is 2.96. The first kappa shape index (κ1) is 17.2. The van der Waals surface area contributed by atoms with Crippen LogP contribution in [-0.4, -0.2) is 15.2 Å². The number of benzene rings is 3. The summed E-state index contributed by atoms with van der Waals surface area (Å²) in [6, 6.07) is 26.6. The molecule has 0 bridgehead atoms. The first-order chi connectivity index (χ1) is 14.2. The van der Waals surface area contributed by atoms with Crippen LogP contribution in [0.1, 0.15) is 5.56 Å². The van der Waals surface area contributed by atoms with Crippen LogP contribution in [-0.2, 0) is 0 Å². The van der Waals surface area contributed by atoms with Crippen LogP contribution >= 0.6 is 0 Å². The van der Waals surface area contributed by atoms with Gasteiger partial charge in [-0.25, -0.2) is 4.98 Å². The summed E-state index contributed by atoms with van der Waals surface area (Å²) in [7, 11) is 0. The van der Waals surface area contributed by atoms with Crippen molar-refractivity contribution in [1.82, 2.24) is 15.4 Å². The maximum Gasteiger partial charge on any atom is 0.0716 e. The molecule has 4 heteroatoms. The van der Waals surface area contributed by atoms with Crippen LogP contribution in [0.5, 0.6) is 0 Å². The van der Waals surface area contributed by atoms with Crippen LogP contribution in [0.15, 0.2) is 91.6 Å². The molecule has 0 atom stereocenters. The zero-order valence-corrected chi connectivity index (χ0v) is 15.7. The smallest absolute Gasteiger partial charge is 0.0716 e. The fraction of sp³-hybridized carbons (Fsp3) is 0. The number of aromatic nitrogens is 2. The largest absolute Gasteiger partial charge is 0.361 e. The van der Waals surface area contributed by atoms with Crippen molar-refractivity contribution in [3.8, 4) is 22.4 Å². The fourth-order valence-corrected chi connectivity index (χ4v) is 3.79. The third-order valence-corrected chi connectivity index (χ3v) is 5.26. The normalized spacial score (nSPS) is 11.1. The maximum atomic E-state index is 9.37. The Labute approximate surface area is 168 Å². The van der Waals surface area contributed by atoms with E-state index in [-0.39, 0.29) is 0 Å². The number of hydroxylamine groups is 1. The molecular weight excluding hydrogens is 358 g/mol. The molecule has 0 amide bonds. The Hall–Kier alpha value is -3.89. The minimum Gasteiger partial charge on any atom is -0.361 e. The molecule has 0 fully saturated rings. The van der Waals surface area contributed by atoms with Gasteiger partial charge >= 0.3 is 0 Å². The maximum absolute atomic E-state index is 9.37. The molecule has 0 saturated heterocycles. The van der Waals surface area contributed by atoms with Crippen molar-refractivity contribution >= 4 is 27.5 Å². The van der Waals surface area contributed by atoms with E-state index in [0.29, 0.717) is 5.70 Å². The quantitative estimate of drug-likeness (QED) is 0.337. The minimum absolute atomic E-state index is 0.445. The zero-order chi connectivity index (χ0) is 19.8. The molecular formula is C25H19N3O. The molecule has 0 spiro atoms. The number of H-pyrrole nitrogens is 1. The average Bonchev–Trinajstić information content (AvgIpc) is 3.27. The van der Waals surface area contributed by atoms with Crippen molar-refractivity contribution in [2.75, 3.05) is 0 Å². The molecule has 4 nitrogen and oxygen atoms in total. The van der Waals surface area contributed by atoms with Gasteiger partial charge in [0.1, 0.15) is 0 Å². The van der Waals surface area contributed by atoms with Gasteiger partial charge < -0.3 is 4.98 Å². The SMILES string of the molecule is C=C(NO)c1cc(-c2ccc(-c3cccc4[nH]ccc34)cc2)nc2ccccc12. The lowest BCUT2D eigenvalue weighted by Gasteiger charge is -2.12. The van der Waals surface area contributed by atoms with Gasteiger partial charge in [0.25, 0.3) is 0 Å². The van der Waals surface area contributed by atoms with E-state index in [0.717, 1.165) is 38.8 Å². The lowest BCUT2D eigenvalue weighted by molar-refractivity contribution is 0.225. The topological polar surface area (TPSA) is 60.9 Å². The number of hydrogen-bond donors (Lipinski definition) is 3. The van der Waals surface area contributed by atoms with E-state index in [1.807, 2.05) is 36.5 Å². The second-order valence-electron chi connectivity index (χ2n) is 6.98. The standard InChI is InChI=1S/C25H19N3O/c1-16(28-29)22-15-25(27-24-7-3-2-5-20(22)24)18-11-9-17(10-12-18)19-6-4-8-23-21(19)13-14-26-23/h2-15,26,28-29H,1H2. The van der Waals surface area contributed by atoms with Crippen LogP contribution in [0.3, 0.4) is 0 Å². The van der Waals surface area contributed by atoms with E-state index >= 15 is 0 Å². The summed E-state index contributed by atoms with van der Waals surface area (Å²) in [4.78, 5) is 8.07. The van der Waals surface area contributed by atoms with Gasteiger partial charge in [0.2, 0.25) is 0 Å². The number of hydrogen-bond acceptors (Lipinski definition) is 3. The molecule has 0 radical (unpaired) electrons. The third-order valence-electron chi connectivity index (χ3n) is 5.26. The molecule has 0 aliphatic heterocycles. The first-order valence-corrected chi connectivity index (χ1v) is 9.41. The Morgan fingerprint density at radius 2 is 1.66 bits per heavy atom. The molecule has 2 heterocycles. The Morgan fingerprint density at radius 1 is 0.862 bits per heavy atom. The molecule has 3 aromatic carbocycles. The summed E-state index contributed by atoms with van der Waals surface area (Å²) in [5.74, 6) is 0. The summed E-state index contributed by atoms with van der Waals surface area (Å²) >= 11 is 0. The van der Waals surface area contributed by atoms with Crippen molar-refractivity contribution in [3.05, 3.63) is 97.2 Å². The van der Waals surface area contributed by atoms with E-state index < -0.39 is 0 Å². The highest BCUT2D eigenvalue weighted by atomic mass is 16.5. The van der Waals surface area contributed by atoms with Gasteiger partial charge in [-0.15, -0.1) is 0 Å². The number of aromatic amines is 1. The molecule has 2 aromatic heterocycles. The molecule has 5 aromatic rings. The second-order valence-corrected chi connectivity index (χ2v) is 6.98. The Morgan fingerprint density at radius 3 is 2.48 bits per heavy atom. The number of para-hydroxylation sites is 1. The van der Waals surface area contributed by atoms with Gasteiger partial charge in [0.15, 0.2) is 0 Å². The number of nitrogens with one attached hydrogen (secondary N) is 2. The Balaban J connectivity index is 1.61. The van der Waals surface area contributed by atoms with E-state index in [1.165, 1.54) is 10.9 Å². The predicted molar refractivity (Wildman–Crippen MR) is 118 cm³/mol. The van der Waals surface area contributed by atoms with Gasteiger partial charge in [-0.3, -0.25) is 10.7 Å². The lowest BCUT2D eigenvalue weighted by atomic mass is 9.98. The van der Waals surface area contributed by atoms with E-state index in [4.69, 9.17) is 4.98 Å². The van der Waals surface area contributed by atoms with Crippen LogP contribution in [0.25, 0.3) is 49.9 Å². The van der Waals surface area contributed by atoms with Crippen LogP contribution in [0.4, 0.5) is 0 Å². The molecule has 140 valence electrons. The Bertz CT molecular complexity index is 1350. The molecule has 5 rings (SSSR count). The summed E-state index contributed by atoms with van der Waals surface area (Å²) in [5.41, 5.74) is 9.62. The molecule has 0 unspecified atom stereocenters. The van der Waals surface area contributed by atoms with Gasteiger partial charge in [-0.2, -0.15) is 0 Å². The van der Waals surface area contributed by atoms with Crippen molar-refractivity contribution < 1.29 is 5.21 Å². The first-order valence-electron chi connectivity index (χ1n) is 9.41. The number of fused-ring (bicyclic) bond motifs is 2. The fourth-order valence-electron chi connectivity index (χ4n) is 3.79. The van der Waals surface area contributed by atoms with E-state index in [1.54, 1.807) is 0 Å². The minimum atomic E-state index is 0.445. The molecule has 0 aliphatic carbocycles. The summed E-state index contributed by atoms with van der Waals surface area (Å²) in [6.07, 6.45) is 1.96. The second kappa shape index (κ2) is 6.93. The van der Waals surface area contributed by atoms with Crippen LogP contribution in [0, 0.1) is 0 Å².